The summed E-state index contributed by atoms with van der Waals surface area (Å²) in [4.78, 5) is 15.5. The Labute approximate surface area is 103 Å². The van der Waals surface area contributed by atoms with Gasteiger partial charge < -0.3 is 10.4 Å². The summed E-state index contributed by atoms with van der Waals surface area (Å²) in [5.74, 6) is -0.294. The number of rotatable bonds is 3. The Balaban J connectivity index is 2.14. The number of nitrogens with zero attached hydrogens (tertiary/aromatic N) is 1. The van der Waals surface area contributed by atoms with Crippen molar-refractivity contribution in [1.82, 2.24) is 10.3 Å². The first kappa shape index (κ1) is 11.6. The molecule has 0 saturated heterocycles. The first-order valence-corrected chi connectivity index (χ1v) is 5.57. The first-order valence-electron chi connectivity index (χ1n) is 4.81. The molecule has 86 valence electrons. The highest BCUT2D eigenvalue weighted by Crippen LogP contribution is 2.34. The van der Waals surface area contributed by atoms with Crippen LogP contribution >= 0.6 is 23.2 Å². The molecule has 16 heavy (non-hydrogen) atoms. The lowest BCUT2D eigenvalue weighted by molar-refractivity contribution is 0.0906. The minimum absolute atomic E-state index is 0.0503. The summed E-state index contributed by atoms with van der Waals surface area (Å²) in [7, 11) is 0. The third-order valence-corrected chi connectivity index (χ3v) is 2.95. The number of aliphatic hydroxyl groups is 1. The van der Waals surface area contributed by atoms with Crippen molar-refractivity contribution < 1.29 is 9.90 Å². The van der Waals surface area contributed by atoms with Crippen molar-refractivity contribution in [2.45, 2.75) is 18.4 Å². The van der Waals surface area contributed by atoms with E-state index in [0.717, 1.165) is 12.8 Å². The Morgan fingerprint density at radius 2 is 2.00 bits per heavy atom. The number of nitrogens with one attached hydrogen (secondary N) is 1. The van der Waals surface area contributed by atoms with Crippen LogP contribution in [-0.4, -0.2) is 28.1 Å². The lowest BCUT2D eigenvalue weighted by atomic mass is 10.2. The molecule has 0 unspecified atom stereocenters. The number of carbonyl (C=O) groups excluding carboxylic acids is 1. The quantitative estimate of drug-likeness (QED) is 0.813. The topological polar surface area (TPSA) is 62.2 Å². The van der Waals surface area contributed by atoms with Crippen LogP contribution in [0.25, 0.3) is 0 Å². The number of pyridine rings is 1. The van der Waals surface area contributed by atoms with Gasteiger partial charge in [0.15, 0.2) is 0 Å². The van der Waals surface area contributed by atoms with E-state index in [2.05, 4.69) is 10.3 Å². The molecule has 1 saturated carbocycles. The average Bonchev–Trinajstić information content (AvgIpc) is 2.97. The largest absolute Gasteiger partial charge is 0.394 e. The van der Waals surface area contributed by atoms with E-state index in [9.17, 15) is 4.79 Å². The first-order chi connectivity index (χ1) is 7.54. The minimum Gasteiger partial charge on any atom is -0.394 e. The van der Waals surface area contributed by atoms with E-state index in [0.29, 0.717) is 5.56 Å². The van der Waals surface area contributed by atoms with Crippen LogP contribution in [-0.2, 0) is 0 Å². The zero-order valence-corrected chi connectivity index (χ0v) is 9.85. The molecular formula is C10H10Cl2N2O2. The van der Waals surface area contributed by atoms with E-state index in [1.165, 1.54) is 12.1 Å². The second kappa shape index (κ2) is 4.20. The number of aromatic nitrogens is 1. The number of aliphatic hydroxyl groups excluding tert-OH is 1. The maximum Gasteiger partial charge on any atom is 0.252 e. The van der Waals surface area contributed by atoms with Gasteiger partial charge in [0, 0.05) is 5.56 Å². The van der Waals surface area contributed by atoms with E-state index in [4.69, 9.17) is 28.3 Å². The Morgan fingerprint density at radius 1 is 1.44 bits per heavy atom. The third kappa shape index (κ3) is 2.45. The molecule has 1 aliphatic rings. The fraction of sp³-hybridized carbons (Fsp3) is 0.400. The van der Waals surface area contributed by atoms with Crippen LogP contribution in [0.5, 0.6) is 0 Å². The molecule has 1 heterocycles. The molecule has 1 amide bonds. The molecule has 0 atom stereocenters. The molecule has 0 aromatic carbocycles. The van der Waals surface area contributed by atoms with Gasteiger partial charge in [-0.05, 0) is 25.0 Å². The number of amides is 1. The fourth-order valence-electron chi connectivity index (χ4n) is 1.38. The highest BCUT2D eigenvalue weighted by molar-refractivity contribution is 6.33. The van der Waals surface area contributed by atoms with Crippen molar-refractivity contribution in [1.29, 1.82) is 0 Å². The van der Waals surface area contributed by atoms with E-state index < -0.39 is 5.54 Å². The van der Waals surface area contributed by atoms with Gasteiger partial charge in [0.25, 0.3) is 5.91 Å². The molecule has 1 aromatic rings. The van der Waals surface area contributed by atoms with Crippen molar-refractivity contribution in [3.8, 4) is 0 Å². The number of halogens is 2. The zero-order chi connectivity index (χ0) is 11.8. The Hall–Kier alpha value is -0.840. The van der Waals surface area contributed by atoms with Gasteiger partial charge in [-0.3, -0.25) is 4.79 Å². The standard InChI is InChI=1S/C10H10Cl2N2O2/c11-7-3-6(4-8(12)13-7)9(16)14-10(5-15)1-2-10/h3-4,15H,1-2,5H2,(H,14,16). The van der Waals surface area contributed by atoms with Crippen molar-refractivity contribution in [2.75, 3.05) is 6.61 Å². The molecule has 0 bridgehead atoms. The van der Waals surface area contributed by atoms with Crippen LogP contribution in [0.15, 0.2) is 12.1 Å². The minimum atomic E-state index is -0.445. The molecular weight excluding hydrogens is 251 g/mol. The maximum atomic E-state index is 11.8. The summed E-state index contributed by atoms with van der Waals surface area (Å²) < 4.78 is 0. The summed E-state index contributed by atoms with van der Waals surface area (Å²) in [5.41, 5.74) is -0.0935. The van der Waals surface area contributed by atoms with Gasteiger partial charge in [0.05, 0.1) is 12.1 Å². The lowest BCUT2D eigenvalue weighted by Gasteiger charge is -2.14. The van der Waals surface area contributed by atoms with Crippen LogP contribution in [0.3, 0.4) is 0 Å². The Morgan fingerprint density at radius 3 is 2.44 bits per heavy atom. The molecule has 0 aliphatic heterocycles. The second-order valence-electron chi connectivity index (χ2n) is 3.89. The molecule has 1 aromatic heterocycles. The van der Waals surface area contributed by atoms with Gasteiger partial charge in [-0.25, -0.2) is 4.98 Å². The van der Waals surface area contributed by atoms with Gasteiger partial charge in [0.1, 0.15) is 10.3 Å². The number of hydrogen-bond acceptors (Lipinski definition) is 3. The average molecular weight is 261 g/mol. The lowest BCUT2D eigenvalue weighted by Crippen LogP contribution is -2.39. The van der Waals surface area contributed by atoms with Crippen molar-refractivity contribution in [2.24, 2.45) is 0 Å². The monoisotopic (exact) mass is 260 g/mol. The number of carbonyl (C=O) groups is 1. The summed E-state index contributed by atoms with van der Waals surface area (Å²) >= 11 is 11.4. The van der Waals surface area contributed by atoms with Crippen LogP contribution in [0, 0.1) is 0 Å². The van der Waals surface area contributed by atoms with Crippen LogP contribution in [0.4, 0.5) is 0 Å². The predicted octanol–water partition coefficient (Wildman–Crippen LogP) is 1.64. The van der Waals surface area contributed by atoms with E-state index in [1.807, 2.05) is 0 Å². The molecule has 0 radical (unpaired) electrons. The maximum absolute atomic E-state index is 11.8. The summed E-state index contributed by atoms with van der Waals surface area (Å²) in [5, 5.41) is 12.2. The van der Waals surface area contributed by atoms with Gasteiger partial charge in [-0.1, -0.05) is 23.2 Å². The molecule has 1 aliphatic carbocycles. The summed E-state index contributed by atoms with van der Waals surface area (Å²) in [6.07, 6.45) is 1.59. The number of hydrogen-bond donors (Lipinski definition) is 2. The van der Waals surface area contributed by atoms with Gasteiger partial charge in [-0.15, -0.1) is 0 Å². The molecule has 1 fully saturated rings. The Kier molecular flexibility index (Phi) is 3.06. The van der Waals surface area contributed by atoms with Crippen molar-refractivity contribution in [3.05, 3.63) is 28.0 Å². The van der Waals surface area contributed by atoms with Crippen LogP contribution in [0.2, 0.25) is 10.3 Å². The van der Waals surface area contributed by atoms with E-state index in [-0.39, 0.29) is 22.8 Å². The van der Waals surface area contributed by atoms with Crippen molar-refractivity contribution >= 4 is 29.1 Å². The van der Waals surface area contributed by atoms with E-state index in [1.54, 1.807) is 0 Å². The van der Waals surface area contributed by atoms with Gasteiger partial charge >= 0.3 is 0 Å². The SMILES string of the molecule is O=C(NC1(CO)CC1)c1cc(Cl)nc(Cl)c1. The summed E-state index contributed by atoms with van der Waals surface area (Å²) in [6, 6.07) is 2.88. The third-order valence-electron chi connectivity index (χ3n) is 2.56. The predicted molar refractivity (Wildman–Crippen MR) is 60.8 cm³/mol. The van der Waals surface area contributed by atoms with Gasteiger partial charge in [0.2, 0.25) is 0 Å². The molecule has 2 N–H and O–H groups in total. The van der Waals surface area contributed by atoms with Gasteiger partial charge in [-0.2, -0.15) is 0 Å². The molecule has 2 rings (SSSR count). The Bertz CT molecular complexity index is 413. The molecule has 6 heteroatoms. The van der Waals surface area contributed by atoms with Crippen molar-refractivity contribution in [3.63, 3.8) is 0 Å². The second-order valence-corrected chi connectivity index (χ2v) is 4.67. The highest BCUT2D eigenvalue weighted by atomic mass is 35.5. The zero-order valence-electron chi connectivity index (χ0n) is 8.33. The molecule has 0 spiro atoms. The normalized spacial score (nSPS) is 16.9. The highest BCUT2D eigenvalue weighted by Gasteiger charge is 2.43. The summed E-state index contributed by atoms with van der Waals surface area (Å²) in [6.45, 7) is -0.0503. The molecule has 4 nitrogen and oxygen atoms in total. The van der Waals surface area contributed by atoms with E-state index >= 15 is 0 Å². The van der Waals surface area contributed by atoms with Crippen LogP contribution in [0.1, 0.15) is 23.2 Å². The smallest absolute Gasteiger partial charge is 0.252 e. The van der Waals surface area contributed by atoms with Crippen LogP contribution < -0.4 is 5.32 Å². The fourth-order valence-corrected chi connectivity index (χ4v) is 1.84.